The van der Waals surface area contributed by atoms with Gasteiger partial charge >= 0.3 is 5.97 Å². The molecule has 17 heavy (non-hydrogen) atoms. The maximum absolute atomic E-state index is 13.0. The van der Waals surface area contributed by atoms with Crippen LogP contribution in [-0.2, 0) is 0 Å². The lowest BCUT2D eigenvalue weighted by molar-refractivity contribution is 0.0686. The van der Waals surface area contributed by atoms with Gasteiger partial charge in [0.1, 0.15) is 12.1 Å². The average molecular weight is 250 g/mol. The molecule has 0 spiro atoms. The second-order valence-electron chi connectivity index (χ2n) is 3.10. The Balaban J connectivity index is 2.33. The molecular weight excluding hydrogens is 243 g/mol. The van der Waals surface area contributed by atoms with Crippen LogP contribution in [0.25, 0.3) is 0 Å². The van der Waals surface area contributed by atoms with Crippen LogP contribution in [0.15, 0.2) is 46.6 Å². The second kappa shape index (κ2) is 4.92. The lowest BCUT2D eigenvalue weighted by Gasteiger charge is -2.03. The highest BCUT2D eigenvalue weighted by Gasteiger charge is 2.12. The minimum absolute atomic E-state index is 0.0886. The number of nitrogens with zero attached hydrogens (tertiary/aromatic N) is 2. The normalized spacial score (nSPS) is 10.2. The zero-order valence-electron chi connectivity index (χ0n) is 8.50. The molecule has 0 amide bonds. The molecule has 1 N–H and O–H groups in total. The summed E-state index contributed by atoms with van der Waals surface area (Å²) in [5.41, 5.74) is -0.0886. The lowest BCUT2D eigenvalue weighted by atomic mass is 10.3. The fourth-order valence-electron chi connectivity index (χ4n) is 1.21. The summed E-state index contributed by atoms with van der Waals surface area (Å²) in [5, 5.41) is 8.92. The Morgan fingerprint density at radius 3 is 2.94 bits per heavy atom. The Morgan fingerprint density at radius 1 is 1.41 bits per heavy atom. The summed E-state index contributed by atoms with van der Waals surface area (Å²) in [6.45, 7) is 0. The number of hydrogen-bond donors (Lipinski definition) is 1. The van der Waals surface area contributed by atoms with E-state index in [1.54, 1.807) is 12.1 Å². The maximum Gasteiger partial charge on any atom is 0.355 e. The van der Waals surface area contributed by atoms with Gasteiger partial charge in [0.05, 0.1) is 4.90 Å². The quantitative estimate of drug-likeness (QED) is 0.906. The van der Waals surface area contributed by atoms with Gasteiger partial charge in [-0.05, 0) is 18.2 Å². The highest BCUT2D eigenvalue weighted by molar-refractivity contribution is 7.99. The van der Waals surface area contributed by atoms with Crippen LogP contribution in [0.1, 0.15) is 10.5 Å². The van der Waals surface area contributed by atoms with Crippen LogP contribution in [0, 0.1) is 5.82 Å². The highest BCUT2D eigenvalue weighted by Crippen LogP contribution is 2.29. The molecule has 1 aromatic carbocycles. The SMILES string of the molecule is O=C(O)c1ncncc1Sc1cccc(F)c1. The molecule has 4 nitrogen and oxygen atoms in total. The molecule has 2 rings (SSSR count). The molecule has 0 unspecified atom stereocenters. The molecule has 0 aliphatic carbocycles. The van der Waals surface area contributed by atoms with Crippen molar-refractivity contribution in [1.29, 1.82) is 0 Å². The van der Waals surface area contributed by atoms with Crippen molar-refractivity contribution in [2.75, 3.05) is 0 Å². The summed E-state index contributed by atoms with van der Waals surface area (Å²) in [5.74, 6) is -1.50. The van der Waals surface area contributed by atoms with E-state index in [-0.39, 0.29) is 11.5 Å². The van der Waals surface area contributed by atoms with Crippen LogP contribution in [0.4, 0.5) is 4.39 Å². The van der Waals surface area contributed by atoms with Gasteiger partial charge in [-0.3, -0.25) is 0 Å². The van der Waals surface area contributed by atoms with E-state index in [4.69, 9.17) is 5.11 Å². The number of carboxylic acid groups (broad SMARTS) is 1. The molecule has 1 aromatic heterocycles. The van der Waals surface area contributed by atoms with Crippen molar-refractivity contribution in [1.82, 2.24) is 9.97 Å². The molecular formula is C11H7FN2O2S. The summed E-state index contributed by atoms with van der Waals surface area (Å²) in [6, 6.07) is 5.89. The van der Waals surface area contributed by atoms with E-state index in [1.165, 1.54) is 24.7 Å². The first kappa shape index (κ1) is 11.5. The van der Waals surface area contributed by atoms with Gasteiger partial charge in [0.25, 0.3) is 0 Å². The Kier molecular flexibility index (Phi) is 3.34. The molecule has 0 atom stereocenters. The molecule has 86 valence electrons. The zero-order chi connectivity index (χ0) is 12.3. The fraction of sp³-hybridized carbons (Fsp3) is 0. The minimum Gasteiger partial charge on any atom is -0.476 e. The smallest absolute Gasteiger partial charge is 0.355 e. The van der Waals surface area contributed by atoms with Crippen LogP contribution in [-0.4, -0.2) is 21.0 Å². The monoisotopic (exact) mass is 250 g/mol. The third kappa shape index (κ3) is 2.79. The van der Waals surface area contributed by atoms with Gasteiger partial charge in [0.15, 0.2) is 5.69 Å². The first-order chi connectivity index (χ1) is 8.16. The van der Waals surface area contributed by atoms with Gasteiger partial charge in [-0.25, -0.2) is 19.2 Å². The molecule has 0 bridgehead atoms. The Morgan fingerprint density at radius 2 is 2.24 bits per heavy atom. The number of benzene rings is 1. The van der Waals surface area contributed by atoms with Crippen molar-refractivity contribution in [3.05, 3.63) is 48.3 Å². The molecule has 1 heterocycles. The number of halogens is 1. The first-order valence-corrected chi connectivity index (χ1v) is 5.45. The van der Waals surface area contributed by atoms with Crippen LogP contribution in [0.3, 0.4) is 0 Å². The number of aromatic carboxylic acids is 1. The summed E-state index contributed by atoms with van der Waals surface area (Å²) < 4.78 is 13.0. The number of carbonyl (C=O) groups is 1. The van der Waals surface area contributed by atoms with Crippen LogP contribution < -0.4 is 0 Å². The van der Waals surface area contributed by atoms with Crippen molar-refractivity contribution in [3.8, 4) is 0 Å². The lowest BCUT2D eigenvalue weighted by Crippen LogP contribution is -2.02. The van der Waals surface area contributed by atoms with E-state index >= 15 is 0 Å². The van der Waals surface area contributed by atoms with Gasteiger partial charge in [-0.1, -0.05) is 17.8 Å². The maximum atomic E-state index is 13.0. The molecule has 0 aliphatic heterocycles. The van der Waals surface area contributed by atoms with E-state index in [1.807, 2.05) is 0 Å². The topological polar surface area (TPSA) is 63.1 Å². The Hall–Kier alpha value is -1.95. The van der Waals surface area contributed by atoms with E-state index in [2.05, 4.69) is 9.97 Å². The van der Waals surface area contributed by atoms with Crippen molar-refractivity contribution < 1.29 is 14.3 Å². The minimum atomic E-state index is -1.13. The average Bonchev–Trinajstić information content (AvgIpc) is 2.29. The fourth-order valence-corrected chi connectivity index (χ4v) is 2.13. The molecule has 0 aliphatic rings. The number of rotatable bonds is 3. The van der Waals surface area contributed by atoms with Gasteiger partial charge in [-0.15, -0.1) is 0 Å². The highest BCUT2D eigenvalue weighted by atomic mass is 32.2. The van der Waals surface area contributed by atoms with Crippen LogP contribution in [0.2, 0.25) is 0 Å². The van der Waals surface area contributed by atoms with Crippen molar-refractivity contribution in [2.24, 2.45) is 0 Å². The first-order valence-electron chi connectivity index (χ1n) is 4.63. The van der Waals surface area contributed by atoms with Crippen LogP contribution in [0.5, 0.6) is 0 Å². The third-order valence-corrected chi connectivity index (χ3v) is 2.91. The van der Waals surface area contributed by atoms with Gasteiger partial charge in [-0.2, -0.15) is 0 Å². The summed E-state index contributed by atoms with van der Waals surface area (Å²) in [6.07, 6.45) is 2.56. The molecule has 0 saturated carbocycles. The number of hydrogen-bond acceptors (Lipinski definition) is 4. The zero-order valence-corrected chi connectivity index (χ0v) is 9.32. The molecule has 6 heteroatoms. The van der Waals surface area contributed by atoms with Gasteiger partial charge in [0.2, 0.25) is 0 Å². The van der Waals surface area contributed by atoms with Gasteiger partial charge in [0, 0.05) is 11.1 Å². The summed E-state index contributed by atoms with van der Waals surface area (Å²) in [4.78, 5) is 19.3. The van der Waals surface area contributed by atoms with Crippen molar-refractivity contribution >= 4 is 17.7 Å². The molecule has 0 saturated heterocycles. The van der Waals surface area contributed by atoms with Gasteiger partial charge < -0.3 is 5.11 Å². The second-order valence-corrected chi connectivity index (χ2v) is 4.22. The number of aromatic nitrogens is 2. The van der Waals surface area contributed by atoms with E-state index < -0.39 is 5.97 Å². The van der Waals surface area contributed by atoms with Crippen molar-refractivity contribution in [3.63, 3.8) is 0 Å². The molecule has 0 fully saturated rings. The van der Waals surface area contributed by atoms with Crippen LogP contribution >= 0.6 is 11.8 Å². The Labute approximate surface area is 101 Å². The number of carboxylic acids is 1. The standard InChI is InChI=1S/C11H7FN2O2S/c12-7-2-1-3-8(4-7)17-9-5-13-6-14-10(9)11(15)16/h1-6H,(H,15,16). The van der Waals surface area contributed by atoms with Crippen molar-refractivity contribution in [2.45, 2.75) is 9.79 Å². The van der Waals surface area contributed by atoms with E-state index in [0.717, 1.165) is 11.8 Å². The summed E-state index contributed by atoms with van der Waals surface area (Å²) in [7, 11) is 0. The Bertz CT molecular complexity index is 563. The van der Waals surface area contributed by atoms with E-state index in [0.29, 0.717) is 9.79 Å². The largest absolute Gasteiger partial charge is 0.476 e. The predicted octanol–water partition coefficient (Wildman–Crippen LogP) is 2.47. The molecule has 2 aromatic rings. The molecule has 0 radical (unpaired) electrons. The summed E-state index contributed by atoms with van der Waals surface area (Å²) >= 11 is 1.11. The third-order valence-electron chi connectivity index (χ3n) is 1.91. The predicted molar refractivity (Wildman–Crippen MR) is 59.5 cm³/mol. The van der Waals surface area contributed by atoms with E-state index in [9.17, 15) is 9.18 Å².